The van der Waals surface area contributed by atoms with E-state index in [9.17, 15) is 5.11 Å². The minimum Gasteiger partial charge on any atom is -0.387 e. The zero-order chi connectivity index (χ0) is 9.68. The van der Waals surface area contributed by atoms with E-state index in [2.05, 4.69) is 18.8 Å². The van der Waals surface area contributed by atoms with Crippen LogP contribution in [0.2, 0.25) is 0 Å². The van der Waals surface area contributed by atoms with Gasteiger partial charge in [0.2, 0.25) is 0 Å². The second-order valence-corrected chi connectivity index (χ2v) is 3.32. The van der Waals surface area contributed by atoms with E-state index in [4.69, 9.17) is 0 Å². The first kappa shape index (κ1) is 10.3. The van der Waals surface area contributed by atoms with Gasteiger partial charge in [-0.25, -0.2) is 4.98 Å². The van der Waals surface area contributed by atoms with Gasteiger partial charge in [0, 0.05) is 6.54 Å². The van der Waals surface area contributed by atoms with Crippen LogP contribution in [0.4, 0.5) is 0 Å². The third-order valence-corrected chi connectivity index (χ3v) is 2.11. The fourth-order valence-electron chi connectivity index (χ4n) is 1.46. The number of hydrogen-bond donors (Lipinski definition) is 1. The van der Waals surface area contributed by atoms with Crippen LogP contribution in [0.1, 0.15) is 44.9 Å². The van der Waals surface area contributed by atoms with Gasteiger partial charge in [0.1, 0.15) is 0 Å². The lowest BCUT2D eigenvalue weighted by Gasteiger charge is -2.11. The number of aliphatic hydroxyl groups is 1. The Morgan fingerprint density at radius 2 is 2.23 bits per heavy atom. The number of aryl methyl sites for hydroxylation is 1. The molecule has 1 aromatic heterocycles. The van der Waals surface area contributed by atoms with Crippen LogP contribution in [0.3, 0.4) is 0 Å². The Kier molecular flexibility index (Phi) is 3.96. The van der Waals surface area contributed by atoms with Gasteiger partial charge in [-0.15, -0.1) is 0 Å². The van der Waals surface area contributed by atoms with E-state index in [1.807, 2.05) is 4.57 Å². The van der Waals surface area contributed by atoms with Crippen molar-refractivity contribution in [2.75, 3.05) is 0 Å². The second-order valence-electron chi connectivity index (χ2n) is 3.32. The summed E-state index contributed by atoms with van der Waals surface area (Å²) in [5.74, 6) is 0. The number of imidazole rings is 1. The number of nitrogens with zero attached hydrogens (tertiary/aromatic N) is 2. The molecule has 74 valence electrons. The van der Waals surface area contributed by atoms with Crippen molar-refractivity contribution in [1.29, 1.82) is 0 Å². The Morgan fingerprint density at radius 3 is 2.85 bits per heavy atom. The Morgan fingerprint density at radius 1 is 1.46 bits per heavy atom. The standard InChI is InChI=1S/C10H18N2O/c1-3-5-10(13)9-7-11-8-12(9)6-4-2/h7-8,10,13H,3-6H2,1-2H3. The van der Waals surface area contributed by atoms with Crippen LogP contribution in [0.15, 0.2) is 12.5 Å². The molecule has 0 bridgehead atoms. The lowest BCUT2D eigenvalue weighted by Crippen LogP contribution is -2.06. The zero-order valence-electron chi connectivity index (χ0n) is 8.40. The van der Waals surface area contributed by atoms with Gasteiger partial charge in [-0.2, -0.15) is 0 Å². The van der Waals surface area contributed by atoms with E-state index in [1.165, 1.54) is 0 Å². The summed E-state index contributed by atoms with van der Waals surface area (Å²) in [7, 11) is 0. The van der Waals surface area contributed by atoms with E-state index in [-0.39, 0.29) is 6.10 Å². The monoisotopic (exact) mass is 182 g/mol. The molecular formula is C10H18N2O. The number of aromatic nitrogens is 2. The van der Waals surface area contributed by atoms with Gasteiger partial charge in [-0.05, 0) is 12.8 Å². The van der Waals surface area contributed by atoms with Crippen molar-refractivity contribution in [2.45, 2.75) is 45.8 Å². The lowest BCUT2D eigenvalue weighted by atomic mass is 10.1. The van der Waals surface area contributed by atoms with Gasteiger partial charge < -0.3 is 9.67 Å². The van der Waals surface area contributed by atoms with E-state index in [1.54, 1.807) is 12.5 Å². The second kappa shape index (κ2) is 5.02. The third-order valence-electron chi connectivity index (χ3n) is 2.11. The summed E-state index contributed by atoms with van der Waals surface area (Å²) in [4.78, 5) is 4.05. The zero-order valence-corrected chi connectivity index (χ0v) is 8.40. The summed E-state index contributed by atoms with van der Waals surface area (Å²) in [5, 5.41) is 9.76. The minimum absolute atomic E-state index is 0.348. The summed E-state index contributed by atoms with van der Waals surface area (Å²) in [5.41, 5.74) is 0.948. The fourth-order valence-corrected chi connectivity index (χ4v) is 1.46. The van der Waals surface area contributed by atoms with Crippen molar-refractivity contribution in [3.63, 3.8) is 0 Å². The predicted molar refractivity (Wildman–Crippen MR) is 52.4 cm³/mol. The topological polar surface area (TPSA) is 38.1 Å². The highest BCUT2D eigenvalue weighted by atomic mass is 16.3. The molecule has 0 radical (unpaired) electrons. The maximum atomic E-state index is 9.76. The molecule has 0 aliphatic heterocycles. The molecule has 0 aromatic carbocycles. The van der Waals surface area contributed by atoms with Gasteiger partial charge in [-0.3, -0.25) is 0 Å². The lowest BCUT2D eigenvalue weighted by molar-refractivity contribution is 0.157. The molecular weight excluding hydrogens is 164 g/mol. The molecule has 0 amide bonds. The highest BCUT2D eigenvalue weighted by Gasteiger charge is 2.10. The maximum Gasteiger partial charge on any atom is 0.0955 e. The number of hydrogen-bond acceptors (Lipinski definition) is 2. The average Bonchev–Trinajstić information content (AvgIpc) is 2.54. The van der Waals surface area contributed by atoms with Crippen molar-refractivity contribution in [2.24, 2.45) is 0 Å². The number of aliphatic hydroxyl groups excluding tert-OH is 1. The van der Waals surface area contributed by atoms with Gasteiger partial charge >= 0.3 is 0 Å². The molecule has 1 rings (SSSR count). The van der Waals surface area contributed by atoms with E-state index < -0.39 is 0 Å². The molecule has 1 aromatic rings. The quantitative estimate of drug-likeness (QED) is 0.757. The molecule has 1 unspecified atom stereocenters. The Labute approximate surface area is 79.4 Å². The largest absolute Gasteiger partial charge is 0.387 e. The Hall–Kier alpha value is -0.830. The maximum absolute atomic E-state index is 9.76. The van der Waals surface area contributed by atoms with Crippen LogP contribution in [0.5, 0.6) is 0 Å². The van der Waals surface area contributed by atoms with Crippen molar-refractivity contribution >= 4 is 0 Å². The molecule has 0 spiro atoms. The Bertz CT molecular complexity index is 245. The summed E-state index contributed by atoms with van der Waals surface area (Å²) in [6.07, 6.45) is 6.09. The molecule has 1 heterocycles. The molecule has 1 atom stereocenters. The molecule has 0 aliphatic carbocycles. The predicted octanol–water partition coefficient (Wildman–Crippen LogP) is 2.13. The average molecular weight is 182 g/mol. The highest BCUT2D eigenvalue weighted by molar-refractivity contribution is 5.02. The summed E-state index contributed by atoms with van der Waals surface area (Å²) >= 11 is 0. The SMILES string of the molecule is CCCC(O)c1cncn1CCC. The van der Waals surface area contributed by atoms with Crippen LogP contribution in [-0.4, -0.2) is 14.7 Å². The van der Waals surface area contributed by atoms with Crippen LogP contribution < -0.4 is 0 Å². The van der Waals surface area contributed by atoms with Crippen LogP contribution in [0.25, 0.3) is 0 Å². The summed E-state index contributed by atoms with van der Waals surface area (Å²) < 4.78 is 2.03. The molecule has 0 saturated carbocycles. The van der Waals surface area contributed by atoms with Crippen molar-refractivity contribution in [3.8, 4) is 0 Å². The van der Waals surface area contributed by atoms with Gasteiger partial charge in [0.15, 0.2) is 0 Å². The van der Waals surface area contributed by atoms with Crippen LogP contribution in [0, 0.1) is 0 Å². The smallest absolute Gasteiger partial charge is 0.0955 e. The van der Waals surface area contributed by atoms with Gasteiger partial charge in [-0.1, -0.05) is 20.3 Å². The molecule has 0 aliphatic rings. The first-order valence-electron chi connectivity index (χ1n) is 4.97. The van der Waals surface area contributed by atoms with E-state index >= 15 is 0 Å². The first-order valence-corrected chi connectivity index (χ1v) is 4.97. The van der Waals surface area contributed by atoms with Gasteiger partial charge in [0.25, 0.3) is 0 Å². The minimum atomic E-state index is -0.348. The number of rotatable bonds is 5. The highest BCUT2D eigenvalue weighted by Crippen LogP contribution is 2.17. The Balaban J connectivity index is 2.68. The van der Waals surface area contributed by atoms with E-state index in [0.29, 0.717) is 0 Å². The van der Waals surface area contributed by atoms with Gasteiger partial charge in [0.05, 0.1) is 24.3 Å². The van der Waals surface area contributed by atoms with Crippen molar-refractivity contribution < 1.29 is 5.11 Å². The molecule has 3 heteroatoms. The van der Waals surface area contributed by atoms with Crippen LogP contribution >= 0.6 is 0 Å². The molecule has 3 nitrogen and oxygen atoms in total. The normalized spacial score (nSPS) is 13.2. The summed E-state index contributed by atoms with van der Waals surface area (Å²) in [6.45, 7) is 5.13. The molecule has 1 N–H and O–H groups in total. The third kappa shape index (κ3) is 2.56. The van der Waals surface area contributed by atoms with Crippen LogP contribution in [-0.2, 0) is 6.54 Å². The van der Waals surface area contributed by atoms with Crippen molar-refractivity contribution in [3.05, 3.63) is 18.2 Å². The molecule has 0 fully saturated rings. The molecule has 13 heavy (non-hydrogen) atoms. The molecule has 0 saturated heterocycles. The fraction of sp³-hybridized carbons (Fsp3) is 0.700. The van der Waals surface area contributed by atoms with E-state index in [0.717, 1.165) is 31.5 Å². The van der Waals surface area contributed by atoms with Crippen molar-refractivity contribution in [1.82, 2.24) is 9.55 Å². The summed E-state index contributed by atoms with van der Waals surface area (Å²) in [6, 6.07) is 0. The first-order chi connectivity index (χ1) is 6.29.